The van der Waals surface area contributed by atoms with Crippen molar-refractivity contribution in [2.45, 2.75) is 71.8 Å². The van der Waals surface area contributed by atoms with Gasteiger partial charge in [0.25, 0.3) is 0 Å². The van der Waals surface area contributed by atoms with Crippen LogP contribution in [0.3, 0.4) is 0 Å². The molecule has 0 heterocycles. The Bertz CT molecular complexity index is 399. The van der Waals surface area contributed by atoms with Gasteiger partial charge in [-0.2, -0.15) is 0 Å². The van der Waals surface area contributed by atoms with Crippen LogP contribution >= 0.6 is 0 Å². The smallest absolute Gasteiger partial charge is 0.307 e. The molecule has 114 valence electrons. The fourth-order valence-corrected chi connectivity index (χ4v) is 3.93. The molecule has 2 atom stereocenters. The number of carboxylic acids is 1. The molecular formula is C16H27NO3. The normalized spacial score (nSPS) is 33.9. The van der Waals surface area contributed by atoms with E-state index in [1.807, 2.05) is 20.8 Å². The van der Waals surface area contributed by atoms with Crippen molar-refractivity contribution in [2.24, 2.45) is 16.7 Å². The van der Waals surface area contributed by atoms with Crippen molar-refractivity contribution in [1.29, 1.82) is 0 Å². The second-order valence-corrected chi connectivity index (χ2v) is 7.29. The summed E-state index contributed by atoms with van der Waals surface area (Å²) in [5.74, 6) is -1.15. The highest BCUT2D eigenvalue weighted by molar-refractivity contribution is 5.85. The molecule has 0 aromatic heterocycles. The molecule has 0 radical (unpaired) electrons. The van der Waals surface area contributed by atoms with E-state index in [2.05, 4.69) is 5.32 Å². The summed E-state index contributed by atoms with van der Waals surface area (Å²) < 4.78 is 0. The fraction of sp³-hybridized carbons (Fsp3) is 0.875. The number of aliphatic carboxylic acids is 1. The Kier molecular flexibility index (Phi) is 4.12. The van der Waals surface area contributed by atoms with Gasteiger partial charge in [0, 0.05) is 6.04 Å². The second kappa shape index (κ2) is 5.38. The molecule has 0 aliphatic heterocycles. The molecule has 2 rings (SSSR count). The van der Waals surface area contributed by atoms with E-state index in [0.717, 1.165) is 12.8 Å². The molecule has 0 bridgehead atoms. The highest BCUT2D eigenvalue weighted by Crippen LogP contribution is 2.56. The predicted octanol–water partition coefficient (Wildman–Crippen LogP) is 2.96. The lowest BCUT2D eigenvalue weighted by Gasteiger charge is -2.40. The number of amides is 1. The molecular weight excluding hydrogens is 254 g/mol. The topological polar surface area (TPSA) is 66.4 Å². The van der Waals surface area contributed by atoms with Crippen molar-refractivity contribution in [3.05, 3.63) is 0 Å². The summed E-state index contributed by atoms with van der Waals surface area (Å²) in [7, 11) is 0. The average Bonchev–Trinajstić information content (AvgIpc) is 2.63. The molecule has 2 saturated carbocycles. The Balaban J connectivity index is 2.09. The van der Waals surface area contributed by atoms with E-state index in [4.69, 9.17) is 0 Å². The van der Waals surface area contributed by atoms with Gasteiger partial charge in [-0.15, -0.1) is 0 Å². The molecule has 20 heavy (non-hydrogen) atoms. The molecule has 0 aromatic carbocycles. The van der Waals surface area contributed by atoms with Crippen LogP contribution in [-0.4, -0.2) is 23.0 Å². The van der Waals surface area contributed by atoms with Crippen LogP contribution in [0.15, 0.2) is 0 Å². The third kappa shape index (κ3) is 2.45. The molecule has 2 N–H and O–H groups in total. The molecule has 4 heteroatoms. The van der Waals surface area contributed by atoms with Crippen LogP contribution in [0.4, 0.5) is 0 Å². The van der Waals surface area contributed by atoms with E-state index in [-0.39, 0.29) is 11.9 Å². The summed E-state index contributed by atoms with van der Waals surface area (Å²) in [6.45, 7) is 5.80. The summed E-state index contributed by atoms with van der Waals surface area (Å²) in [5.41, 5.74) is -1.08. The monoisotopic (exact) mass is 281 g/mol. The van der Waals surface area contributed by atoms with Crippen molar-refractivity contribution >= 4 is 11.9 Å². The van der Waals surface area contributed by atoms with Crippen LogP contribution in [0, 0.1) is 16.7 Å². The quantitative estimate of drug-likeness (QED) is 0.835. The van der Waals surface area contributed by atoms with E-state index in [9.17, 15) is 14.7 Å². The minimum atomic E-state index is -0.774. The fourth-order valence-electron chi connectivity index (χ4n) is 3.93. The molecule has 0 saturated heterocycles. The minimum absolute atomic E-state index is 0.0538. The Labute approximate surface area is 121 Å². The molecule has 4 nitrogen and oxygen atoms in total. The summed E-state index contributed by atoms with van der Waals surface area (Å²) >= 11 is 0. The number of rotatable bonds is 3. The first-order valence-electron chi connectivity index (χ1n) is 7.83. The lowest BCUT2D eigenvalue weighted by atomic mass is 9.65. The molecule has 0 aromatic rings. The third-order valence-electron chi connectivity index (χ3n) is 5.97. The highest BCUT2D eigenvalue weighted by Gasteiger charge is 2.58. The van der Waals surface area contributed by atoms with Crippen LogP contribution < -0.4 is 5.32 Å². The maximum atomic E-state index is 12.7. The van der Waals surface area contributed by atoms with Crippen LogP contribution in [-0.2, 0) is 9.59 Å². The SMILES string of the molecule is CC1(C)[C@@H](C(=O)O)CC[C@]1(C)C(=O)NC1CCCCC1. The first-order chi connectivity index (χ1) is 9.29. The first kappa shape index (κ1) is 15.3. The van der Waals surface area contributed by atoms with Gasteiger partial charge in [0.1, 0.15) is 0 Å². The van der Waals surface area contributed by atoms with Crippen LogP contribution in [0.2, 0.25) is 0 Å². The van der Waals surface area contributed by atoms with Gasteiger partial charge < -0.3 is 10.4 Å². The second-order valence-electron chi connectivity index (χ2n) is 7.29. The zero-order valence-electron chi connectivity index (χ0n) is 12.9. The van der Waals surface area contributed by atoms with E-state index in [0.29, 0.717) is 12.8 Å². The predicted molar refractivity (Wildman–Crippen MR) is 77.3 cm³/mol. The van der Waals surface area contributed by atoms with E-state index >= 15 is 0 Å². The number of carbonyl (C=O) groups is 2. The van der Waals surface area contributed by atoms with Crippen LogP contribution in [0.5, 0.6) is 0 Å². The van der Waals surface area contributed by atoms with E-state index < -0.39 is 22.7 Å². The zero-order valence-corrected chi connectivity index (χ0v) is 12.9. The van der Waals surface area contributed by atoms with Crippen molar-refractivity contribution in [3.8, 4) is 0 Å². The number of hydrogen-bond donors (Lipinski definition) is 2. The molecule has 2 fully saturated rings. The maximum Gasteiger partial charge on any atom is 0.307 e. The third-order valence-corrected chi connectivity index (χ3v) is 5.97. The molecule has 2 aliphatic carbocycles. The zero-order chi connectivity index (χ0) is 15.0. The number of nitrogens with one attached hydrogen (secondary N) is 1. The number of hydrogen-bond acceptors (Lipinski definition) is 2. The van der Waals surface area contributed by atoms with Gasteiger partial charge in [-0.3, -0.25) is 9.59 Å². The largest absolute Gasteiger partial charge is 0.481 e. The van der Waals surface area contributed by atoms with E-state index in [1.165, 1.54) is 19.3 Å². The van der Waals surface area contributed by atoms with Gasteiger partial charge >= 0.3 is 5.97 Å². The summed E-state index contributed by atoms with van der Waals surface area (Å²) in [6, 6.07) is 0.285. The van der Waals surface area contributed by atoms with Gasteiger partial charge in [-0.25, -0.2) is 0 Å². The van der Waals surface area contributed by atoms with Gasteiger partial charge in [-0.1, -0.05) is 40.0 Å². The van der Waals surface area contributed by atoms with Crippen molar-refractivity contribution < 1.29 is 14.7 Å². The number of carboxylic acid groups (broad SMARTS) is 1. The van der Waals surface area contributed by atoms with Crippen LogP contribution in [0.25, 0.3) is 0 Å². The summed E-state index contributed by atoms with van der Waals surface area (Å²) in [4.78, 5) is 24.1. The lowest BCUT2D eigenvalue weighted by molar-refractivity contribution is -0.149. The van der Waals surface area contributed by atoms with Crippen LogP contribution in [0.1, 0.15) is 65.7 Å². The van der Waals surface area contributed by atoms with Gasteiger partial charge in [-0.05, 0) is 31.1 Å². The highest BCUT2D eigenvalue weighted by atomic mass is 16.4. The van der Waals surface area contributed by atoms with Gasteiger partial charge in [0.05, 0.1) is 11.3 Å². The Hall–Kier alpha value is -1.06. The Morgan fingerprint density at radius 2 is 1.65 bits per heavy atom. The van der Waals surface area contributed by atoms with Crippen molar-refractivity contribution in [3.63, 3.8) is 0 Å². The van der Waals surface area contributed by atoms with Gasteiger partial charge in [0.2, 0.25) is 5.91 Å². The molecule has 0 unspecified atom stereocenters. The minimum Gasteiger partial charge on any atom is -0.481 e. The Morgan fingerprint density at radius 1 is 1.05 bits per heavy atom. The maximum absolute atomic E-state index is 12.7. The van der Waals surface area contributed by atoms with E-state index in [1.54, 1.807) is 0 Å². The Morgan fingerprint density at radius 3 is 2.15 bits per heavy atom. The molecule has 1 amide bonds. The number of carbonyl (C=O) groups excluding carboxylic acids is 1. The van der Waals surface area contributed by atoms with Gasteiger partial charge in [0.15, 0.2) is 0 Å². The molecule has 2 aliphatic rings. The lowest BCUT2D eigenvalue weighted by Crippen LogP contribution is -2.51. The standard InChI is InChI=1S/C16H27NO3/c1-15(2)12(13(18)19)9-10-16(15,3)14(20)17-11-7-5-4-6-8-11/h11-12H,4-10H2,1-3H3,(H,17,20)(H,18,19)/t12-,16-/m1/s1. The summed E-state index contributed by atoms with van der Waals surface area (Å²) in [6.07, 6.45) is 7.00. The van der Waals surface area contributed by atoms with Crippen molar-refractivity contribution in [2.75, 3.05) is 0 Å². The summed E-state index contributed by atoms with van der Waals surface area (Å²) in [5, 5.41) is 12.5. The first-order valence-corrected chi connectivity index (χ1v) is 7.83. The average molecular weight is 281 g/mol. The van der Waals surface area contributed by atoms with Crippen molar-refractivity contribution in [1.82, 2.24) is 5.32 Å². The molecule has 0 spiro atoms.